The molecular formula is C25H32N6O. The Balaban J connectivity index is 1.37. The minimum atomic E-state index is -0.479. The summed E-state index contributed by atoms with van der Waals surface area (Å²) in [6.45, 7) is 11.8. The number of aromatic nitrogens is 1. The molecule has 0 spiro atoms. The summed E-state index contributed by atoms with van der Waals surface area (Å²) in [4.78, 5) is 18.4. The summed E-state index contributed by atoms with van der Waals surface area (Å²) in [6, 6.07) is 11.1. The summed E-state index contributed by atoms with van der Waals surface area (Å²) in [7, 11) is 0. The van der Waals surface area contributed by atoms with Crippen molar-refractivity contribution in [3.63, 3.8) is 0 Å². The Labute approximate surface area is 190 Å². The monoisotopic (exact) mass is 432 g/mol. The quantitative estimate of drug-likeness (QED) is 0.733. The van der Waals surface area contributed by atoms with Crippen molar-refractivity contribution in [2.45, 2.75) is 38.5 Å². The zero-order valence-corrected chi connectivity index (χ0v) is 19.2. The number of nitrogens with zero attached hydrogens (tertiary/aromatic N) is 5. The molecule has 4 heterocycles. The van der Waals surface area contributed by atoms with E-state index in [1.807, 2.05) is 18.5 Å². The van der Waals surface area contributed by atoms with Gasteiger partial charge in [-0.15, -0.1) is 0 Å². The van der Waals surface area contributed by atoms with Gasteiger partial charge in [0.1, 0.15) is 12.4 Å². The molecule has 3 aliphatic rings. The molecule has 1 aromatic carbocycles. The zero-order valence-electron chi connectivity index (χ0n) is 19.2. The molecule has 0 amide bonds. The summed E-state index contributed by atoms with van der Waals surface area (Å²) in [6.07, 6.45) is 5.61. The molecule has 1 N–H and O–H groups in total. The fourth-order valence-electron chi connectivity index (χ4n) is 4.40. The average molecular weight is 433 g/mol. The Kier molecular flexibility index (Phi) is 5.59. The Morgan fingerprint density at radius 3 is 2.56 bits per heavy atom. The van der Waals surface area contributed by atoms with Crippen LogP contribution in [-0.2, 0) is 10.5 Å². The van der Waals surface area contributed by atoms with E-state index >= 15 is 0 Å². The average Bonchev–Trinajstić information content (AvgIpc) is 3.61. The highest BCUT2D eigenvalue weighted by atomic mass is 16.6. The van der Waals surface area contributed by atoms with E-state index in [2.05, 4.69) is 70.1 Å². The first-order chi connectivity index (χ1) is 15.5. The minimum absolute atomic E-state index is 0.272. The third-order valence-electron chi connectivity index (χ3n) is 6.46. The van der Waals surface area contributed by atoms with Crippen molar-refractivity contribution in [2.75, 3.05) is 49.5 Å². The number of hydrogen-bond donors (Lipinski definition) is 1. The Morgan fingerprint density at radius 1 is 1.12 bits per heavy atom. The number of piperazine rings is 1. The number of aliphatic imine (C=N–C) groups is 2. The lowest BCUT2D eigenvalue weighted by Gasteiger charge is -2.39. The van der Waals surface area contributed by atoms with Gasteiger partial charge in [-0.2, -0.15) is 0 Å². The van der Waals surface area contributed by atoms with Crippen molar-refractivity contribution in [1.82, 2.24) is 9.88 Å². The van der Waals surface area contributed by atoms with E-state index in [-0.39, 0.29) is 6.04 Å². The van der Waals surface area contributed by atoms with Crippen LogP contribution >= 0.6 is 0 Å². The van der Waals surface area contributed by atoms with E-state index in [1.165, 1.54) is 11.3 Å². The molecule has 2 atom stereocenters. The molecule has 32 heavy (non-hydrogen) atoms. The van der Waals surface area contributed by atoms with Crippen molar-refractivity contribution in [3.8, 4) is 0 Å². The highest BCUT2D eigenvalue weighted by molar-refractivity contribution is 6.29. The highest BCUT2D eigenvalue weighted by Crippen LogP contribution is 2.42. The fourth-order valence-corrected chi connectivity index (χ4v) is 4.40. The lowest BCUT2D eigenvalue weighted by Crippen LogP contribution is -2.50. The van der Waals surface area contributed by atoms with Crippen molar-refractivity contribution in [2.24, 2.45) is 9.98 Å². The van der Waals surface area contributed by atoms with Crippen LogP contribution in [0, 0.1) is 0 Å². The number of pyridine rings is 1. The maximum absolute atomic E-state index is 5.90. The number of rotatable bonds is 5. The normalized spacial score (nSPS) is 25.1. The van der Waals surface area contributed by atoms with Crippen LogP contribution in [0.3, 0.4) is 0 Å². The number of amidine groups is 1. The Bertz CT molecular complexity index is 1010. The number of ether oxygens (including phenoxy) is 1. The molecule has 0 saturated carbocycles. The molecule has 0 aliphatic carbocycles. The largest absolute Gasteiger partial charge is 0.366 e. The second kappa shape index (κ2) is 8.54. The lowest BCUT2D eigenvalue weighted by molar-refractivity contribution is 0.337. The van der Waals surface area contributed by atoms with Gasteiger partial charge in [-0.05, 0) is 36.6 Å². The molecule has 7 heteroatoms. The number of anilines is 2. The van der Waals surface area contributed by atoms with E-state index in [4.69, 9.17) is 9.73 Å². The van der Waals surface area contributed by atoms with Crippen LogP contribution in [0.4, 0.5) is 11.4 Å². The van der Waals surface area contributed by atoms with E-state index in [0.29, 0.717) is 12.5 Å². The number of benzene rings is 1. The van der Waals surface area contributed by atoms with Gasteiger partial charge in [-0.3, -0.25) is 15.0 Å². The fraction of sp³-hybridized carbons (Fsp3) is 0.480. The minimum Gasteiger partial charge on any atom is -0.366 e. The molecule has 1 aromatic heterocycles. The molecule has 2 aromatic rings. The van der Waals surface area contributed by atoms with Gasteiger partial charge in [0, 0.05) is 44.1 Å². The van der Waals surface area contributed by atoms with Gasteiger partial charge < -0.3 is 19.9 Å². The van der Waals surface area contributed by atoms with Crippen molar-refractivity contribution in [1.29, 1.82) is 0 Å². The molecule has 2 unspecified atom stereocenters. The maximum Gasteiger partial charge on any atom is 0.190 e. The smallest absolute Gasteiger partial charge is 0.190 e. The van der Waals surface area contributed by atoms with Gasteiger partial charge in [-0.1, -0.05) is 26.0 Å². The van der Waals surface area contributed by atoms with Gasteiger partial charge in [0.05, 0.1) is 30.2 Å². The first kappa shape index (κ1) is 20.9. The predicted molar refractivity (Wildman–Crippen MR) is 130 cm³/mol. The van der Waals surface area contributed by atoms with Crippen LogP contribution < -0.4 is 10.2 Å². The summed E-state index contributed by atoms with van der Waals surface area (Å²) in [5, 5.41) is 3.70. The van der Waals surface area contributed by atoms with Crippen molar-refractivity contribution >= 4 is 23.4 Å². The Hall–Kier alpha value is -2.93. The van der Waals surface area contributed by atoms with E-state index in [0.717, 1.165) is 49.8 Å². The molecular weight excluding hydrogens is 400 g/mol. The molecule has 5 rings (SSSR count). The van der Waals surface area contributed by atoms with Crippen LogP contribution in [-0.4, -0.2) is 67.3 Å². The van der Waals surface area contributed by atoms with Gasteiger partial charge in [0.2, 0.25) is 0 Å². The van der Waals surface area contributed by atoms with E-state index < -0.39 is 5.72 Å². The van der Waals surface area contributed by atoms with E-state index in [1.54, 1.807) is 6.20 Å². The van der Waals surface area contributed by atoms with Crippen LogP contribution in [0.2, 0.25) is 0 Å². The van der Waals surface area contributed by atoms with Crippen LogP contribution in [0.1, 0.15) is 37.8 Å². The van der Waals surface area contributed by atoms with Gasteiger partial charge in [-0.25, -0.2) is 0 Å². The SMILES string of the molecule is CC1CN=CC(N2CCN(c3cc(C(C)C)ccc3NC3(c4cccnc4)CO3)CC2)=N1. The van der Waals surface area contributed by atoms with Crippen LogP contribution in [0.15, 0.2) is 52.7 Å². The number of nitrogens with one attached hydrogen (secondary N) is 1. The summed E-state index contributed by atoms with van der Waals surface area (Å²) in [5.41, 5.74) is 4.27. The molecule has 168 valence electrons. The van der Waals surface area contributed by atoms with Crippen molar-refractivity contribution in [3.05, 3.63) is 53.9 Å². The second-order valence-electron chi connectivity index (χ2n) is 9.22. The summed E-state index contributed by atoms with van der Waals surface area (Å²) < 4.78 is 5.90. The first-order valence-electron chi connectivity index (χ1n) is 11.6. The highest BCUT2D eigenvalue weighted by Gasteiger charge is 2.47. The molecule has 3 aliphatic heterocycles. The third-order valence-corrected chi connectivity index (χ3v) is 6.46. The van der Waals surface area contributed by atoms with Gasteiger partial charge in [0.15, 0.2) is 5.72 Å². The molecule has 0 bridgehead atoms. The zero-order chi connectivity index (χ0) is 22.1. The predicted octanol–water partition coefficient (Wildman–Crippen LogP) is 3.49. The number of epoxide rings is 1. The summed E-state index contributed by atoms with van der Waals surface area (Å²) in [5.74, 6) is 1.50. The van der Waals surface area contributed by atoms with Gasteiger partial charge >= 0.3 is 0 Å². The molecule has 7 nitrogen and oxygen atoms in total. The number of hydrogen-bond acceptors (Lipinski definition) is 7. The topological polar surface area (TPSA) is 68.7 Å². The molecule has 2 fully saturated rings. The Morgan fingerprint density at radius 2 is 1.91 bits per heavy atom. The molecule has 0 radical (unpaired) electrons. The summed E-state index contributed by atoms with van der Waals surface area (Å²) >= 11 is 0. The molecule has 2 saturated heterocycles. The first-order valence-corrected chi connectivity index (χ1v) is 11.6. The van der Waals surface area contributed by atoms with Crippen LogP contribution in [0.25, 0.3) is 0 Å². The lowest BCUT2D eigenvalue weighted by atomic mass is 10.0. The third kappa shape index (κ3) is 4.21. The van der Waals surface area contributed by atoms with Crippen LogP contribution in [0.5, 0.6) is 0 Å². The van der Waals surface area contributed by atoms with Crippen molar-refractivity contribution < 1.29 is 4.74 Å². The van der Waals surface area contributed by atoms with Gasteiger partial charge in [0.25, 0.3) is 0 Å². The maximum atomic E-state index is 5.90. The standard InChI is InChI=1S/C25H32N6O/c1-18(2)20-6-7-22(29-25(17-32-25)21-5-4-8-26-15-21)23(13-20)30-9-11-31(12-10-30)24-16-27-14-19(3)28-24/h4-8,13,15-16,18-19,29H,9-12,14,17H2,1-3H3. The van der Waals surface area contributed by atoms with E-state index in [9.17, 15) is 0 Å². The second-order valence-corrected chi connectivity index (χ2v) is 9.22.